The van der Waals surface area contributed by atoms with Crippen molar-refractivity contribution in [2.75, 3.05) is 12.0 Å². The van der Waals surface area contributed by atoms with E-state index in [0.717, 1.165) is 17.5 Å². The average Bonchev–Trinajstić information content (AvgIpc) is 2.91. The van der Waals surface area contributed by atoms with Crippen LogP contribution in [0.25, 0.3) is 11.0 Å². The van der Waals surface area contributed by atoms with Gasteiger partial charge in [0.25, 0.3) is 0 Å². The number of anilines is 1. The first-order chi connectivity index (χ1) is 8.70. The van der Waals surface area contributed by atoms with E-state index >= 15 is 0 Å². The molecule has 0 radical (unpaired) electrons. The summed E-state index contributed by atoms with van der Waals surface area (Å²) in [6.45, 7) is 0. The number of thioether (sulfide) groups is 1. The van der Waals surface area contributed by atoms with Crippen molar-refractivity contribution < 1.29 is 4.39 Å². The van der Waals surface area contributed by atoms with E-state index in [4.69, 9.17) is 5.73 Å². The highest BCUT2D eigenvalue weighted by Crippen LogP contribution is 2.40. The number of benzene rings is 1. The molecule has 2 N–H and O–H groups in total. The van der Waals surface area contributed by atoms with Crippen LogP contribution >= 0.6 is 11.8 Å². The number of halogens is 1. The third-order valence-electron chi connectivity index (χ3n) is 3.73. The summed E-state index contributed by atoms with van der Waals surface area (Å²) in [6.07, 6.45) is 5.61. The van der Waals surface area contributed by atoms with Crippen LogP contribution in [0.3, 0.4) is 0 Å². The summed E-state index contributed by atoms with van der Waals surface area (Å²) >= 11 is 1.86. The van der Waals surface area contributed by atoms with Crippen LogP contribution in [-0.2, 0) is 0 Å². The molecule has 2 aromatic rings. The zero-order valence-corrected chi connectivity index (χ0v) is 11.1. The molecule has 1 aromatic heterocycles. The Morgan fingerprint density at radius 3 is 3.06 bits per heavy atom. The number of nitrogen functional groups attached to an aromatic ring is 1. The third kappa shape index (κ3) is 1.77. The monoisotopic (exact) mass is 265 g/mol. The predicted molar refractivity (Wildman–Crippen MR) is 74.3 cm³/mol. The summed E-state index contributed by atoms with van der Waals surface area (Å²) in [5.74, 6) is 0.267. The van der Waals surface area contributed by atoms with E-state index in [1.54, 1.807) is 6.07 Å². The van der Waals surface area contributed by atoms with Gasteiger partial charge >= 0.3 is 0 Å². The molecule has 0 spiro atoms. The Morgan fingerprint density at radius 1 is 1.44 bits per heavy atom. The van der Waals surface area contributed by atoms with Gasteiger partial charge in [-0.15, -0.1) is 0 Å². The van der Waals surface area contributed by atoms with E-state index in [9.17, 15) is 4.39 Å². The fourth-order valence-electron chi connectivity index (χ4n) is 2.91. The van der Waals surface area contributed by atoms with Crippen LogP contribution in [0.5, 0.6) is 0 Å². The SMILES string of the molecule is CSC1CCCC1n1c(N)nc2ccc(F)cc21. The molecule has 0 bridgehead atoms. The van der Waals surface area contributed by atoms with Crippen molar-refractivity contribution in [3.8, 4) is 0 Å². The molecule has 1 fully saturated rings. The smallest absolute Gasteiger partial charge is 0.201 e. The first-order valence-corrected chi connectivity index (χ1v) is 7.45. The second-order valence-corrected chi connectivity index (χ2v) is 5.82. The number of aromatic nitrogens is 2. The lowest BCUT2D eigenvalue weighted by Crippen LogP contribution is -2.17. The largest absolute Gasteiger partial charge is 0.369 e. The summed E-state index contributed by atoms with van der Waals surface area (Å²) < 4.78 is 15.4. The van der Waals surface area contributed by atoms with Crippen LogP contribution in [0.2, 0.25) is 0 Å². The molecule has 96 valence electrons. The Balaban J connectivity index is 2.15. The Labute approximate surface area is 110 Å². The van der Waals surface area contributed by atoms with Gasteiger partial charge in [0.2, 0.25) is 5.95 Å². The van der Waals surface area contributed by atoms with Gasteiger partial charge in [-0.3, -0.25) is 0 Å². The molecule has 2 unspecified atom stereocenters. The number of fused-ring (bicyclic) bond motifs is 1. The standard InChI is InChI=1S/C13H16FN3S/c1-18-12-4-2-3-10(12)17-11-7-8(14)5-6-9(11)16-13(17)15/h5-7,10,12H,2-4H2,1H3,(H2,15,16). The minimum atomic E-state index is -0.234. The van der Waals surface area contributed by atoms with Crippen molar-refractivity contribution in [3.63, 3.8) is 0 Å². The van der Waals surface area contributed by atoms with E-state index in [0.29, 0.717) is 17.2 Å². The zero-order chi connectivity index (χ0) is 12.7. The summed E-state index contributed by atoms with van der Waals surface area (Å²) in [4.78, 5) is 4.33. The molecule has 1 aliphatic rings. The molecule has 1 heterocycles. The summed E-state index contributed by atoms with van der Waals surface area (Å²) in [5.41, 5.74) is 7.62. The van der Waals surface area contributed by atoms with Crippen LogP contribution in [0.4, 0.5) is 10.3 Å². The molecule has 3 rings (SSSR count). The molecule has 0 aliphatic heterocycles. The molecule has 1 aromatic carbocycles. The Morgan fingerprint density at radius 2 is 2.28 bits per heavy atom. The molecular weight excluding hydrogens is 249 g/mol. The maximum absolute atomic E-state index is 13.4. The average molecular weight is 265 g/mol. The predicted octanol–water partition coefficient (Wildman–Crippen LogP) is 3.21. The molecule has 3 nitrogen and oxygen atoms in total. The van der Waals surface area contributed by atoms with Gasteiger partial charge in [-0.05, 0) is 37.3 Å². The maximum atomic E-state index is 13.4. The van der Waals surface area contributed by atoms with E-state index in [1.807, 2.05) is 16.3 Å². The minimum Gasteiger partial charge on any atom is -0.369 e. The van der Waals surface area contributed by atoms with Crippen LogP contribution < -0.4 is 5.73 Å². The molecule has 5 heteroatoms. The number of imidazole rings is 1. The van der Waals surface area contributed by atoms with Crippen molar-refractivity contribution in [1.82, 2.24) is 9.55 Å². The topological polar surface area (TPSA) is 43.8 Å². The van der Waals surface area contributed by atoms with Gasteiger partial charge in [0.15, 0.2) is 0 Å². The van der Waals surface area contributed by atoms with Crippen molar-refractivity contribution >= 4 is 28.7 Å². The molecule has 0 saturated heterocycles. The van der Waals surface area contributed by atoms with Gasteiger partial charge in [-0.1, -0.05) is 6.42 Å². The van der Waals surface area contributed by atoms with Gasteiger partial charge in [-0.2, -0.15) is 11.8 Å². The van der Waals surface area contributed by atoms with E-state index < -0.39 is 0 Å². The number of hydrogen-bond donors (Lipinski definition) is 1. The van der Waals surface area contributed by atoms with E-state index in [2.05, 4.69) is 11.2 Å². The first kappa shape index (κ1) is 11.8. The quantitative estimate of drug-likeness (QED) is 0.906. The normalized spacial score (nSPS) is 23.9. The molecule has 0 amide bonds. The van der Waals surface area contributed by atoms with Crippen LogP contribution in [0, 0.1) is 5.82 Å². The van der Waals surface area contributed by atoms with Crippen LogP contribution in [-0.4, -0.2) is 21.1 Å². The summed E-state index contributed by atoms with van der Waals surface area (Å²) in [7, 11) is 0. The lowest BCUT2D eigenvalue weighted by Gasteiger charge is -2.21. The minimum absolute atomic E-state index is 0.234. The van der Waals surface area contributed by atoms with Gasteiger partial charge in [-0.25, -0.2) is 9.37 Å². The second kappa shape index (κ2) is 4.46. The third-order valence-corrected chi connectivity index (χ3v) is 4.89. The van der Waals surface area contributed by atoms with E-state index in [1.165, 1.54) is 25.0 Å². The lowest BCUT2D eigenvalue weighted by molar-refractivity contribution is 0.548. The number of nitrogens with zero attached hydrogens (tertiary/aromatic N) is 2. The molecule has 1 saturated carbocycles. The van der Waals surface area contributed by atoms with Gasteiger partial charge in [0.05, 0.1) is 11.0 Å². The highest BCUT2D eigenvalue weighted by atomic mass is 32.2. The molecule has 18 heavy (non-hydrogen) atoms. The Bertz CT molecular complexity index is 581. The summed E-state index contributed by atoms with van der Waals surface area (Å²) in [6, 6.07) is 5.00. The Kier molecular flexibility index (Phi) is 2.93. The molecule has 2 atom stereocenters. The van der Waals surface area contributed by atoms with Crippen LogP contribution in [0.15, 0.2) is 18.2 Å². The second-order valence-electron chi connectivity index (χ2n) is 4.75. The Hall–Kier alpha value is -1.23. The van der Waals surface area contributed by atoms with Gasteiger partial charge in [0.1, 0.15) is 5.82 Å². The van der Waals surface area contributed by atoms with Gasteiger partial charge in [0, 0.05) is 11.3 Å². The summed E-state index contributed by atoms with van der Waals surface area (Å²) in [5, 5.41) is 0.549. The van der Waals surface area contributed by atoms with E-state index in [-0.39, 0.29) is 5.82 Å². The van der Waals surface area contributed by atoms with Crippen LogP contribution in [0.1, 0.15) is 25.3 Å². The van der Waals surface area contributed by atoms with Crippen molar-refractivity contribution in [1.29, 1.82) is 0 Å². The number of hydrogen-bond acceptors (Lipinski definition) is 3. The van der Waals surface area contributed by atoms with Crippen molar-refractivity contribution in [2.24, 2.45) is 0 Å². The lowest BCUT2D eigenvalue weighted by atomic mass is 10.2. The zero-order valence-electron chi connectivity index (χ0n) is 10.3. The maximum Gasteiger partial charge on any atom is 0.201 e. The fraction of sp³-hybridized carbons (Fsp3) is 0.462. The van der Waals surface area contributed by atoms with Gasteiger partial charge < -0.3 is 10.3 Å². The van der Waals surface area contributed by atoms with Crippen molar-refractivity contribution in [3.05, 3.63) is 24.0 Å². The first-order valence-electron chi connectivity index (χ1n) is 6.16. The molecular formula is C13H16FN3S. The highest BCUT2D eigenvalue weighted by Gasteiger charge is 2.30. The molecule has 1 aliphatic carbocycles. The van der Waals surface area contributed by atoms with Crippen molar-refractivity contribution in [2.45, 2.75) is 30.6 Å². The number of nitrogens with two attached hydrogens (primary N) is 1. The highest BCUT2D eigenvalue weighted by molar-refractivity contribution is 7.99. The number of rotatable bonds is 2. The fourth-order valence-corrected chi connectivity index (χ4v) is 3.88.